The molecular weight excluding hydrogens is 450 g/mol. The van der Waals surface area contributed by atoms with E-state index >= 15 is 0 Å². The molecule has 4 rings (SSSR count). The normalized spacial score (nSPS) is 15.5. The lowest BCUT2D eigenvalue weighted by atomic mass is 9.99. The molecule has 0 amide bonds. The molecule has 1 fully saturated rings. The zero-order chi connectivity index (χ0) is 21.5. The molecule has 0 unspecified atom stereocenters. The maximum absolute atomic E-state index is 13.3. The van der Waals surface area contributed by atoms with Crippen LogP contribution in [-0.2, 0) is 9.84 Å². The van der Waals surface area contributed by atoms with E-state index in [2.05, 4.69) is 11.9 Å². The molecule has 5 nitrogen and oxygen atoms in total. The molecule has 158 valence electrons. The SMILES string of the molecule is CC1CCN(c2oc(-c3ccc(Cl)cc3Cl)nc2S(=O)(=O)c2ccc(F)cc2)CC1. The van der Waals surface area contributed by atoms with Crippen molar-refractivity contribution < 1.29 is 17.2 Å². The Morgan fingerprint density at radius 1 is 1.10 bits per heavy atom. The van der Waals surface area contributed by atoms with Crippen LogP contribution in [-0.4, -0.2) is 26.5 Å². The molecule has 1 aliphatic rings. The predicted molar refractivity (Wildman–Crippen MR) is 114 cm³/mol. The van der Waals surface area contributed by atoms with Gasteiger partial charge in [-0.2, -0.15) is 4.98 Å². The van der Waals surface area contributed by atoms with E-state index in [1.165, 1.54) is 12.1 Å². The molecule has 0 bridgehead atoms. The molecule has 9 heteroatoms. The van der Waals surface area contributed by atoms with E-state index in [9.17, 15) is 12.8 Å². The van der Waals surface area contributed by atoms with Gasteiger partial charge in [0.25, 0.3) is 0 Å². The first-order chi connectivity index (χ1) is 14.3. The summed E-state index contributed by atoms with van der Waals surface area (Å²) >= 11 is 12.3. The fourth-order valence-corrected chi connectivity index (χ4v) is 5.20. The third-order valence-electron chi connectivity index (χ3n) is 5.19. The number of oxazole rings is 1. The fraction of sp³-hybridized carbons (Fsp3) is 0.286. The van der Waals surface area contributed by atoms with Crippen LogP contribution in [0.25, 0.3) is 11.5 Å². The molecule has 0 saturated carbocycles. The van der Waals surface area contributed by atoms with Crippen LogP contribution >= 0.6 is 23.2 Å². The number of hydrogen-bond donors (Lipinski definition) is 0. The van der Waals surface area contributed by atoms with Crippen molar-refractivity contribution in [2.24, 2.45) is 5.92 Å². The van der Waals surface area contributed by atoms with Gasteiger partial charge in [-0.3, -0.25) is 0 Å². The van der Waals surface area contributed by atoms with Crippen LogP contribution in [0, 0.1) is 11.7 Å². The lowest BCUT2D eigenvalue weighted by Gasteiger charge is -2.30. The van der Waals surface area contributed by atoms with E-state index in [0.29, 0.717) is 34.6 Å². The number of benzene rings is 2. The Morgan fingerprint density at radius 3 is 2.40 bits per heavy atom. The second-order valence-corrected chi connectivity index (χ2v) is 10.1. The zero-order valence-electron chi connectivity index (χ0n) is 16.1. The molecule has 1 aromatic heterocycles. The van der Waals surface area contributed by atoms with Gasteiger partial charge >= 0.3 is 0 Å². The van der Waals surface area contributed by atoms with Gasteiger partial charge in [0.1, 0.15) is 5.82 Å². The molecule has 0 aliphatic carbocycles. The highest BCUT2D eigenvalue weighted by atomic mass is 35.5. The Morgan fingerprint density at radius 2 is 1.77 bits per heavy atom. The van der Waals surface area contributed by atoms with Gasteiger partial charge in [-0.15, -0.1) is 0 Å². The lowest BCUT2D eigenvalue weighted by Crippen LogP contribution is -2.33. The monoisotopic (exact) mass is 468 g/mol. The van der Waals surface area contributed by atoms with Gasteiger partial charge in [0, 0.05) is 18.1 Å². The Balaban J connectivity index is 1.85. The number of piperidine rings is 1. The number of halogens is 3. The van der Waals surface area contributed by atoms with Crippen LogP contribution in [0.2, 0.25) is 10.0 Å². The van der Waals surface area contributed by atoms with Crippen LogP contribution < -0.4 is 4.90 Å². The van der Waals surface area contributed by atoms with E-state index in [0.717, 1.165) is 25.0 Å². The van der Waals surface area contributed by atoms with Crippen molar-refractivity contribution in [3.8, 4) is 11.5 Å². The summed E-state index contributed by atoms with van der Waals surface area (Å²) in [6, 6.07) is 9.44. The Labute approximate surface area is 184 Å². The standard InChI is InChI=1S/C21H19Cl2FN2O3S/c1-13-8-10-26(11-9-13)21-20(30(27,28)16-5-3-15(24)4-6-16)25-19(29-21)17-7-2-14(22)12-18(17)23/h2-7,12-13H,8-11H2,1H3. The van der Waals surface area contributed by atoms with E-state index in [4.69, 9.17) is 27.6 Å². The highest BCUT2D eigenvalue weighted by Crippen LogP contribution is 2.38. The Bertz CT molecular complexity index is 1170. The summed E-state index contributed by atoms with van der Waals surface area (Å²) in [6.07, 6.45) is 1.82. The van der Waals surface area contributed by atoms with Gasteiger partial charge < -0.3 is 9.32 Å². The van der Waals surface area contributed by atoms with Crippen LogP contribution in [0.3, 0.4) is 0 Å². The van der Waals surface area contributed by atoms with Crippen molar-refractivity contribution in [3.05, 3.63) is 58.3 Å². The minimum Gasteiger partial charge on any atom is -0.419 e. The number of anilines is 1. The summed E-state index contributed by atoms with van der Waals surface area (Å²) in [4.78, 5) is 6.15. The molecule has 30 heavy (non-hydrogen) atoms. The maximum Gasteiger partial charge on any atom is 0.236 e. The van der Waals surface area contributed by atoms with Gasteiger partial charge in [-0.05, 0) is 61.2 Å². The Kier molecular flexibility index (Phi) is 5.79. The van der Waals surface area contributed by atoms with Gasteiger partial charge in [-0.25, -0.2) is 12.8 Å². The number of sulfone groups is 1. The highest BCUT2D eigenvalue weighted by Gasteiger charge is 2.33. The minimum absolute atomic E-state index is 0.0578. The number of rotatable bonds is 4. The van der Waals surface area contributed by atoms with Gasteiger partial charge in [0.2, 0.25) is 26.6 Å². The summed E-state index contributed by atoms with van der Waals surface area (Å²) < 4.78 is 45.9. The summed E-state index contributed by atoms with van der Waals surface area (Å²) in [5.41, 5.74) is 0.438. The molecule has 1 aliphatic heterocycles. The quantitative estimate of drug-likeness (QED) is 0.448. The lowest BCUT2D eigenvalue weighted by molar-refractivity contribution is 0.416. The predicted octanol–water partition coefficient (Wildman–Crippen LogP) is 5.86. The largest absolute Gasteiger partial charge is 0.419 e. The average Bonchev–Trinajstić information content (AvgIpc) is 3.15. The minimum atomic E-state index is -4.04. The van der Waals surface area contributed by atoms with Gasteiger partial charge in [0.05, 0.1) is 15.5 Å². The van der Waals surface area contributed by atoms with Crippen LogP contribution in [0.1, 0.15) is 19.8 Å². The third-order valence-corrected chi connectivity index (χ3v) is 7.41. The summed E-state index contributed by atoms with van der Waals surface area (Å²) in [6.45, 7) is 3.46. The van der Waals surface area contributed by atoms with E-state index < -0.39 is 15.7 Å². The van der Waals surface area contributed by atoms with Crippen LogP contribution in [0.15, 0.2) is 56.8 Å². The summed E-state index contributed by atoms with van der Waals surface area (Å²) in [5, 5.41) is 0.540. The van der Waals surface area contributed by atoms with Crippen molar-refractivity contribution in [3.63, 3.8) is 0 Å². The molecule has 2 aromatic carbocycles. The molecule has 0 atom stereocenters. The first-order valence-electron chi connectivity index (χ1n) is 9.47. The molecule has 1 saturated heterocycles. The fourth-order valence-electron chi connectivity index (χ4n) is 3.39. The van der Waals surface area contributed by atoms with E-state index in [1.807, 2.05) is 4.90 Å². The van der Waals surface area contributed by atoms with Crippen molar-refractivity contribution in [2.45, 2.75) is 29.7 Å². The van der Waals surface area contributed by atoms with Crippen molar-refractivity contribution in [1.29, 1.82) is 0 Å². The van der Waals surface area contributed by atoms with Crippen molar-refractivity contribution >= 4 is 38.9 Å². The maximum atomic E-state index is 13.3. The number of nitrogens with zero attached hydrogens (tertiary/aromatic N) is 2. The van der Waals surface area contributed by atoms with Crippen molar-refractivity contribution in [2.75, 3.05) is 18.0 Å². The molecule has 2 heterocycles. The Hall–Kier alpha value is -2.09. The van der Waals surface area contributed by atoms with Crippen molar-refractivity contribution in [1.82, 2.24) is 4.98 Å². The molecule has 3 aromatic rings. The number of hydrogen-bond acceptors (Lipinski definition) is 5. The summed E-state index contributed by atoms with van der Waals surface area (Å²) in [5.74, 6) is 0.290. The topological polar surface area (TPSA) is 63.4 Å². The molecule has 0 radical (unpaired) electrons. The first-order valence-corrected chi connectivity index (χ1v) is 11.7. The van der Waals surface area contributed by atoms with Crippen LogP contribution in [0.5, 0.6) is 0 Å². The highest BCUT2D eigenvalue weighted by molar-refractivity contribution is 7.91. The second kappa shape index (κ2) is 8.21. The van der Waals surface area contributed by atoms with Gasteiger partial charge in [-0.1, -0.05) is 30.1 Å². The van der Waals surface area contributed by atoms with E-state index in [1.54, 1.807) is 18.2 Å². The molecule has 0 N–H and O–H groups in total. The number of aromatic nitrogens is 1. The zero-order valence-corrected chi connectivity index (χ0v) is 18.4. The third kappa shape index (κ3) is 4.06. The first kappa shape index (κ1) is 21.2. The molecule has 0 spiro atoms. The average molecular weight is 469 g/mol. The second-order valence-electron chi connectivity index (χ2n) is 7.38. The van der Waals surface area contributed by atoms with E-state index in [-0.39, 0.29) is 21.7 Å². The smallest absolute Gasteiger partial charge is 0.236 e. The van der Waals surface area contributed by atoms with Crippen LogP contribution in [0.4, 0.5) is 10.3 Å². The molecular formula is C21H19Cl2FN2O3S. The van der Waals surface area contributed by atoms with Gasteiger partial charge in [0.15, 0.2) is 0 Å². The summed E-state index contributed by atoms with van der Waals surface area (Å²) in [7, 11) is -4.04.